The minimum Gasteiger partial charge on any atom is -0.493 e. The van der Waals surface area contributed by atoms with Crippen LogP contribution in [0, 0.1) is 0 Å². The van der Waals surface area contributed by atoms with E-state index >= 15 is 0 Å². The molecule has 0 spiro atoms. The molecule has 0 aliphatic carbocycles. The summed E-state index contributed by atoms with van der Waals surface area (Å²) in [5.74, 6) is -0.295. The number of methoxy groups -OCH3 is 3. The van der Waals surface area contributed by atoms with Gasteiger partial charge in [0, 0.05) is 22.2 Å². The van der Waals surface area contributed by atoms with Crippen molar-refractivity contribution < 1.29 is 27.4 Å². The van der Waals surface area contributed by atoms with Gasteiger partial charge in [-0.25, -0.2) is 13.2 Å². The highest BCUT2D eigenvalue weighted by Gasteiger charge is 2.23. The molecule has 7 nitrogen and oxygen atoms in total. The van der Waals surface area contributed by atoms with E-state index in [0.717, 1.165) is 0 Å². The number of anilines is 1. The highest BCUT2D eigenvalue weighted by atomic mass is 35.5. The molecule has 0 unspecified atom stereocenters. The van der Waals surface area contributed by atoms with Crippen molar-refractivity contribution in [3.63, 3.8) is 0 Å². The summed E-state index contributed by atoms with van der Waals surface area (Å²) in [6.07, 6.45) is 0. The average Bonchev–Trinajstić information content (AvgIpc) is 2.59. The number of esters is 1. The fourth-order valence-electron chi connectivity index (χ4n) is 2.13. The summed E-state index contributed by atoms with van der Waals surface area (Å²) in [6.45, 7) is 0. The number of ether oxygens (including phenoxy) is 3. The zero-order chi connectivity index (χ0) is 19.5. The molecule has 0 radical (unpaired) electrons. The molecule has 0 aliphatic rings. The monoisotopic (exact) mass is 419 g/mol. The highest BCUT2D eigenvalue weighted by Crippen LogP contribution is 2.35. The lowest BCUT2D eigenvalue weighted by Crippen LogP contribution is -2.16. The van der Waals surface area contributed by atoms with Crippen molar-refractivity contribution in [2.45, 2.75) is 4.90 Å². The van der Waals surface area contributed by atoms with Crippen LogP contribution in [0.4, 0.5) is 5.69 Å². The number of sulfonamides is 1. The Bertz CT molecular complexity index is 926. The first-order valence-corrected chi connectivity index (χ1v) is 9.29. The molecular formula is C16H15Cl2NO6S. The summed E-state index contributed by atoms with van der Waals surface area (Å²) < 4.78 is 42.6. The van der Waals surface area contributed by atoms with Crippen LogP contribution in [-0.2, 0) is 14.8 Å². The molecule has 0 bridgehead atoms. The van der Waals surface area contributed by atoms with E-state index in [1.807, 2.05) is 0 Å². The summed E-state index contributed by atoms with van der Waals surface area (Å²) in [7, 11) is -0.150. The van der Waals surface area contributed by atoms with Gasteiger partial charge in [0.2, 0.25) is 0 Å². The maximum absolute atomic E-state index is 12.7. The van der Waals surface area contributed by atoms with Crippen molar-refractivity contribution in [1.82, 2.24) is 0 Å². The molecule has 10 heteroatoms. The molecule has 0 amide bonds. The number of nitrogens with one attached hydrogen (secondary N) is 1. The quantitative estimate of drug-likeness (QED) is 0.719. The van der Waals surface area contributed by atoms with Gasteiger partial charge in [0.15, 0.2) is 11.5 Å². The van der Waals surface area contributed by atoms with Gasteiger partial charge in [-0.05, 0) is 18.2 Å². The predicted molar refractivity (Wildman–Crippen MR) is 98.2 cm³/mol. The first kappa shape index (κ1) is 20.2. The number of carbonyl (C=O) groups excluding carboxylic acids is 1. The van der Waals surface area contributed by atoms with Crippen LogP contribution in [-0.4, -0.2) is 35.7 Å². The maximum Gasteiger partial charge on any atom is 0.340 e. The lowest BCUT2D eigenvalue weighted by atomic mass is 10.1. The van der Waals surface area contributed by atoms with Gasteiger partial charge in [-0.2, -0.15) is 0 Å². The molecule has 2 rings (SSSR count). The first-order chi connectivity index (χ1) is 12.2. The Morgan fingerprint density at radius 1 is 0.923 bits per heavy atom. The Hall–Kier alpha value is -2.16. The molecule has 0 saturated heterocycles. The Balaban J connectivity index is 2.57. The van der Waals surface area contributed by atoms with Crippen molar-refractivity contribution in [2.24, 2.45) is 0 Å². The standard InChI is InChI=1S/C16H15Cl2NO6S/c1-23-14-7-12(16(20)25-3)13(8-15(14)24-2)19-26(21,22)11-5-9(17)4-10(18)6-11/h4-8,19H,1-3H3. The Labute approximate surface area is 160 Å². The van der Waals surface area contributed by atoms with Gasteiger partial charge in [0.1, 0.15) is 0 Å². The molecule has 26 heavy (non-hydrogen) atoms. The van der Waals surface area contributed by atoms with Crippen LogP contribution in [0.2, 0.25) is 10.0 Å². The number of benzene rings is 2. The average molecular weight is 420 g/mol. The Morgan fingerprint density at radius 3 is 1.96 bits per heavy atom. The Kier molecular flexibility index (Phi) is 6.22. The normalized spacial score (nSPS) is 11.0. The predicted octanol–water partition coefficient (Wildman–Crippen LogP) is 3.60. The van der Waals surface area contributed by atoms with Gasteiger partial charge in [0.25, 0.3) is 10.0 Å². The minimum atomic E-state index is -4.09. The molecule has 0 aromatic heterocycles. The molecule has 0 aliphatic heterocycles. The van der Waals surface area contributed by atoms with Crippen LogP contribution in [0.5, 0.6) is 11.5 Å². The molecule has 0 fully saturated rings. The summed E-state index contributed by atoms with van der Waals surface area (Å²) in [5, 5.41) is 0.303. The molecule has 0 heterocycles. The molecule has 140 valence electrons. The number of halogens is 2. The second kappa shape index (κ2) is 8.03. The lowest BCUT2D eigenvalue weighted by Gasteiger charge is -2.15. The zero-order valence-electron chi connectivity index (χ0n) is 14.0. The fraction of sp³-hybridized carbons (Fsp3) is 0.188. The third kappa shape index (κ3) is 4.32. The second-order valence-corrected chi connectivity index (χ2v) is 7.51. The van der Waals surface area contributed by atoms with Gasteiger partial charge in [0.05, 0.1) is 37.5 Å². The largest absolute Gasteiger partial charge is 0.493 e. The maximum atomic E-state index is 12.7. The smallest absolute Gasteiger partial charge is 0.340 e. The second-order valence-electron chi connectivity index (χ2n) is 4.96. The van der Waals surface area contributed by atoms with E-state index in [-0.39, 0.29) is 37.7 Å². The van der Waals surface area contributed by atoms with Crippen molar-refractivity contribution in [2.75, 3.05) is 26.1 Å². The van der Waals surface area contributed by atoms with Crippen molar-refractivity contribution in [3.8, 4) is 11.5 Å². The highest BCUT2D eigenvalue weighted by molar-refractivity contribution is 7.92. The van der Waals surface area contributed by atoms with Crippen molar-refractivity contribution in [3.05, 3.63) is 45.9 Å². The van der Waals surface area contributed by atoms with Crippen LogP contribution >= 0.6 is 23.2 Å². The van der Waals surface area contributed by atoms with Crippen molar-refractivity contribution >= 4 is 44.9 Å². The molecule has 0 saturated carbocycles. The third-order valence-electron chi connectivity index (χ3n) is 3.32. The van der Waals surface area contributed by atoms with Gasteiger partial charge >= 0.3 is 5.97 Å². The number of hydrogen-bond acceptors (Lipinski definition) is 6. The van der Waals surface area contributed by atoms with Crippen LogP contribution in [0.25, 0.3) is 0 Å². The number of hydrogen-bond donors (Lipinski definition) is 1. The fourth-order valence-corrected chi connectivity index (χ4v) is 3.93. The Morgan fingerprint density at radius 2 is 1.46 bits per heavy atom. The minimum absolute atomic E-state index is 0.0504. The van der Waals surface area contributed by atoms with E-state index in [0.29, 0.717) is 0 Å². The van der Waals surface area contributed by atoms with E-state index in [2.05, 4.69) is 4.72 Å². The van der Waals surface area contributed by atoms with E-state index in [1.54, 1.807) is 0 Å². The SMILES string of the molecule is COC(=O)c1cc(OC)c(OC)cc1NS(=O)(=O)c1cc(Cl)cc(Cl)c1. The van der Waals surface area contributed by atoms with Crippen LogP contribution < -0.4 is 14.2 Å². The summed E-state index contributed by atoms with van der Waals surface area (Å²) >= 11 is 11.7. The lowest BCUT2D eigenvalue weighted by molar-refractivity contribution is 0.0601. The summed E-state index contributed by atoms with van der Waals surface area (Å²) in [6, 6.07) is 6.49. The van der Waals surface area contributed by atoms with E-state index in [9.17, 15) is 13.2 Å². The van der Waals surface area contributed by atoms with Crippen LogP contribution in [0.15, 0.2) is 35.2 Å². The van der Waals surface area contributed by atoms with Crippen LogP contribution in [0.3, 0.4) is 0 Å². The van der Waals surface area contributed by atoms with Gasteiger partial charge in [-0.3, -0.25) is 4.72 Å². The summed E-state index contributed by atoms with van der Waals surface area (Å²) in [4.78, 5) is 11.9. The van der Waals surface area contributed by atoms with Gasteiger partial charge in [-0.1, -0.05) is 23.2 Å². The molecule has 1 N–H and O–H groups in total. The summed E-state index contributed by atoms with van der Waals surface area (Å²) in [5.41, 5.74) is -0.104. The molecule has 2 aromatic rings. The topological polar surface area (TPSA) is 90.9 Å². The molecule has 2 aromatic carbocycles. The van der Waals surface area contributed by atoms with E-state index < -0.39 is 16.0 Å². The van der Waals surface area contributed by atoms with Crippen molar-refractivity contribution in [1.29, 1.82) is 0 Å². The number of rotatable bonds is 6. The third-order valence-corrected chi connectivity index (χ3v) is 5.10. The molecular weight excluding hydrogens is 405 g/mol. The van der Waals surface area contributed by atoms with E-state index in [4.69, 9.17) is 37.4 Å². The van der Waals surface area contributed by atoms with Crippen LogP contribution in [0.1, 0.15) is 10.4 Å². The van der Waals surface area contributed by atoms with E-state index in [1.165, 1.54) is 51.7 Å². The zero-order valence-corrected chi connectivity index (χ0v) is 16.3. The van der Waals surface area contributed by atoms with Gasteiger partial charge in [-0.15, -0.1) is 0 Å². The van der Waals surface area contributed by atoms with Gasteiger partial charge < -0.3 is 14.2 Å². The first-order valence-electron chi connectivity index (χ1n) is 7.05. The molecule has 0 atom stereocenters. The number of carbonyl (C=O) groups is 1.